The molecule has 1 amide bonds. The van der Waals surface area contributed by atoms with Crippen LogP contribution >= 0.6 is 23.2 Å². The van der Waals surface area contributed by atoms with E-state index in [-0.39, 0.29) is 17.7 Å². The molecule has 1 N–H and O–H groups in total. The summed E-state index contributed by atoms with van der Waals surface area (Å²) in [6.45, 7) is 0. The number of piperidine rings is 1. The van der Waals surface area contributed by atoms with E-state index in [1.807, 2.05) is 24.1 Å². The van der Waals surface area contributed by atoms with Gasteiger partial charge in [-0.3, -0.25) is 4.79 Å². The Morgan fingerprint density at radius 2 is 1.87 bits per heavy atom. The molecule has 2 saturated heterocycles. The number of rotatable bonds is 3. The van der Waals surface area contributed by atoms with Gasteiger partial charge < -0.3 is 10.2 Å². The Bertz CT molecular complexity index is 623. The predicted octanol–water partition coefficient (Wildman–Crippen LogP) is 3.84. The molecule has 1 aliphatic carbocycles. The van der Waals surface area contributed by atoms with E-state index in [2.05, 4.69) is 5.32 Å². The average molecular weight is 353 g/mol. The summed E-state index contributed by atoms with van der Waals surface area (Å²) in [5.74, 6) is 0.579. The van der Waals surface area contributed by atoms with E-state index >= 15 is 0 Å². The number of benzene rings is 1. The highest BCUT2D eigenvalue weighted by Gasteiger charge is 2.48. The first-order valence-electron chi connectivity index (χ1n) is 8.51. The molecule has 1 aromatic carbocycles. The van der Waals surface area contributed by atoms with Crippen LogP contribution in [0.1, 0.15) is 43.6 Å². The topological polar surface area (TPSA) is 32.3 Å². The summed E-state index contributed by atoms with van der Waals surface area (Å²) in [7, 11) is 1.98. The zero-order valence-corrected chi connectivity index (χ0v) is 14.8. The standard InChI is InChI=1S/C18H22Cl2N2O/c1-22(12-7-10-5-6-11(8-12)21-10)18(23)15-9-14(15)13-3-2-4-16(19)17(13)20/h2-4,10-12,14-15,21H,5-9H2,1H3. The summed E-state index contributed by atoms with van der Waals surface area (Å²) in [5.41, 5.74) is 1.02. The first kappa shape index (κ1) is 15.7. The fraction of sp³-hybridized carbons (Fsp3) is 0.611. The Morgan fingerprint density at radius 1 is 1.17 bits per heavy atom. The van der Waals surface area contributed by atoms with Crippen molar-refractivity contribution in [3.05, 3.63) is 33.8 Å². The number of nitrogens with one attached hydrogen (secondary N) is 1. The lowest BCUT2D eigenvalue weighted by molar-refractivity contribution is -0.134. The van der Waals surface area contributed by atoms with Crippen molar-refractivity contribution in [1.29, 1.82) is 0 Å². The number of halogens is 2. The third-order valence-corrected chi connectivity index (χ3v) is 6.67. The number of fused-ring (bicyclic) bond motifs is 2. The van der Waals surface area contributed by atoms with Gasteiger partial charge in [-0.05, 0) is 49.7 Å². The second kappa shape index (κ2) is 5.94. The van der Waals surface area contributed by atoms with Crippen molar-refractivity contribution in [2.75, 3.05) is 7.05 Å². The van der Waals surface area contributed by atoms with Gasteiger partial charge in [0.15, 0.2) is 0 Å². The highest BCUT2D eigenvalue weighted by Crippen LogP contribution is 2.51. The number of hydrogen-bond acceptors (Lipinski definition) is 2. The van der Waals surface area contributed by atoms with Gasteiger partial charge in [-0.15, -0.1) is 0 Å². The molecule has 1 aromatic rings. The fourth-order valence-corrected chi connectivity index (χ4v) is 4.85. The van der Waals surface area contributed by atoms with Gasteiger partial charge >= 0.3 is 0 Å². The number of amides is 1. The zero-order valence-electron chi connectivity index (χ0n) is 13.3. The molecule has 2 heterocycles. The van der Waals surface area contributed by atoms with Gasteiger partial charge in [0.2, 0.25) is 5.91 Å². The molecule has 3 fully saturated rings. The van der Waals surface area contributed by atoms with E-state index < -0.39 is 0 Å². The van der Waals surface area contributed by atoms with Gasteiger partial charge in [-0.1, -0.05) is 35.3 Å². The Labute approximate surface area is 147 Å². The van der Waals surface area contributed by atoms with Crippen LogP contribution in [0.2, 0.25) is 10.0 Å². The molecule has 0 spiro atoms. The second-order valence-electron chi connectivity index (χ2n) is 7.30. The molecule has 1 saturated carbocycles. The van der Waals surface area contributed by atoms with E-state index in [1.165, 1.54) is 12.8 Å². The Balaban J connectivity index is 1.43. The van der Waals surface area contributed by atoms with Gasteiger partial charge in [0.1, 0.15) is 0 Å². The van der Waals surface area contributed by atoms with Crippen LogP contribution in [0.15, 0.2) is 18.2 Å². The largest absolute Gasteiger partial charge is 0.342 e. The molecule has 124 valence electrons. The van der Waals surface area contributed by atoms with Crippen molar-refractivity contribution in [2.24, 2.45) is 5.92 Å². The molecule has 4 rings (SSSR count). The van der Waals surface area contributed by atoms with Crippen LogP contribution in [0.4, 0.5) is 0 Å². The molecule has 2 bridgehead atoms. The predicted molar refractivity (Wildman–Crippen MR) is 93.0 cm³/mol. The third-order valence-electron chi connectivity index (χ3n) is 5.83. The third kappa shape index (κ3) is 2.88. The van der Waals surface area contributed by atoms with Gasteiger partial charge in [0.25, 0.3) is 0 Å². The number of carbonyl (C=O) groups is 1. The van der Waals surface area contributed by atoms with Crippen molar-refractivity contribution in [3.63, 3.8) is 0 Å². The number of carbonyl (C=O) groups excluding carboxylic acids is 1. The molecule has 3 aliphatic rings. The molecule has 4 atom stereocenters. The van der Waals surface area contributed by atoms with Gasteiger partial charge in [0, 0.05) is 31.1 Å². The lowest BCUT2D eigenvalue weighted by atomic mass is 9.98. The molecule has 0 aromatic heterocycles. The first-order chi connectivity index (χ1) is 11.0. The maximum Gasteiger partial charge on any atom is 0.226 e. The van der Waals surface area contributed by atoms with E-state index in [9.17, 15) is 4.79 Å². The Morgan fingerprint density at radius 3 is 2.57 bits per heavy atom. The lowest BCUT2D eigenvalue weighted by Gasteiger charge is -2.35. The highest BCUT2D eigenvalue weighted by molar-refractivity contribution is 6.42. The second-order valence-corrected chi connectivity index (χ2v) is 8.09. The van der Waals surface area contributed by atoms with Crippen molar-refractivity contribution >= 4 is 29.1 Å². The van der Waals surface area contributed by atoms with Crippen LogP contribution < -0.4 is 5.32 Å². The van der Waals surface area contributed by atoms with E-state index in [0.29, 0.717) is 28.2 Å². The summed E-state index contributed by atoms with van der Waals surface area (Å²) in [5, 5.41) is 4.82. The smallest absolute Gasteiger partial charge is 0.226 e. The van der Waals surface area contributed by atoms with Gasteiger partial charge in [0.05, 0.1) is 10.0 Å². The van der Waals surface area contributed by atoms with Crippen molar-refractivity contribution in [2.45, 2.75) is 56.1 Å². The van der Waals surface area contributed by atoms with Crippen molar-refractivity contribution < 1.29 is 4.79 Å². The summed E-state index contributed by atoms with van der Waals surface area (Å²) >= 11 is 12.4. The molecule has 4 unspecified atom stereocenters. The van der Waals surface area contributed by atoms with Crippen LogP contribution in [0.3, 0.4) is 0 Å². The molecule has 0 radical (unpaired) electrons. The van der Waals surface area contributed by atoms with Gasteiger partial charge in [-0.2, -0.15) is 0 Å². The van der Waals surface area contributed by atoms with Crippen molar-refractivity contribution in [3.8, 4) is 0 Å². The van der Waals surface area contributed by atoms with Crippen LogP contribution in [0.5, 0.6) is 0 Å². The molecular weight excluding hydrogens is 331 g/mol. The minimum absolute atomic E-state index is 0.0727. The summed E-state index contributed by atoms with van der Waals surface area (Å²) < 4.78 is 0. The van der Waals surface area contributed by atoms with Crippen LogP contribution in [0.25, 0.3) is 0 Å². The lowest BCUT2D eigenvalue weighted by Crippen LogP contribution is -2.49. The minimum Gasteiger partial charge on any atom is -0.342 e. The first-order valence-corrected chi connectivity index (χ1v) is 9.27. The van der Waals surface area contributed by atoms with Crippen molar-refractivity contribution in [1.82, 2.24) is 10.2 Å². The highest BCUT2D eigenvalue weighted by atomic mass is 35.5. The van der Waals surface area contributed by atoms with Crippen LogP contribution in [-0.2, 0) is 4.79 Å². The van der Waals surface area contributed by atoms with E-state index in [1.54, 1.807) is 6.07 Å². The summed E-state index contributed by atoms with van der Waals surface area (Å²) in [6, 6.07) is 7.30. The van der Waals surface area contributed by atoms with Crippen LogP contribution in [-0.4, -0.2) is 36.0 Å². The quantitative estimate of drug-likeness (QED) is 0.896. The molecule has 3 nitrogen and oxygen atoms in total. The Kier molecular flexibility index (Phi) is 4.07. The van der Waals surface area contributed by atoms with Crippen LogP contribution in [0, 0.1) is 5.92 Å². The SMILES string of the molecule is CN(C(=O)C1CC1c1cccc(Cl)c1Cl)C1CC2CCC(C1)N2. The number of hydrogen-bond donors (Lipinski definition) is 1. The average Bonchev–Trinajstić information content (AvgIpc) is 3.27. The summed E-state index contributed by atoms with van der Waals surface area (Å²) in [6.07, 6.45) is 5.59. The fourth-order valence-electron chi connectivity index (χ4n) is 4.40. The van der Waals surface area contributed by atoms with E-state index in [4.69, 9.17) is 23.2 Å². The molecule has 5 heteroatoms. The Hall–Kier alpha value is -0.770. The maximum atomic E-state index is 12.8. The molecular formula is C18H22Cl2N2O. The van der Waals surface area contributed by atoms with E-state index in [0.717, 1.165) is 24.8 Å². The van der Waals surface area contributed by atoms with Gasteiger partial charge in [-0.25, -0.2) is 0 Å². The zero-order chi connectivity index (χ0) is 16.1. The maximum absolute atomic E-state index is 12.8. The minimum atomic E-state index is 0.0727. The molecule has 2 aliphatic heterocycles. The monoisotopic (exact) mass is 352 g/mol. The number of nitrogens with zero attached hydrogens (tertiary/aromatic N) is 1. The molecule has 23 heavy (non-hydrogen) atoms. The summed E-state index contributed by atoms with van der Waals surface area (Å²) in [4.78, 5) is 14.9. The normalized spacial score (nSPS) is 35.2.